The second-order valence-corrected chi connectivity index (χ2v) is 5.10. The number of hydrogen-bond donors (Lipinski definition) is 2. The summed E-state index contributed by atoms with van der Waals surface area (Å²) in [5, 5.41) is 0. The van der Waals surface area contributed by atoms with Gasteiger partial charge in [-0.05, 0) is 32.4 Å². The number of hydrogen-bond acceptors (Lipinski definition) is 3. The van der Waals surface area contributed by atoms with E-state index in [1.807, 2.05) is 13.8 Å². The smallest absolute Gasteiger partial charge is 0.294 e. The van der Waals surface area contributed by atoms with Crippen LogP contribution in [0.4, 0.5) is 0 Å². The molecule has 5 heteroatoms. The first-order valence-electron chi connectivity index (χ1n) is 5.07. The Bertz CT molecular complexity index is 396. The van der Waals surface area contributed by atoms with Crippen LogP contribution in [0.5, 0.6) is 0 Å². The largest absolute Gasteiger partial charge is 0.328 e. The van der Waals surface area contributed by atoms with E-state index in [9.17, 15) is 8.42 Å². The van der Waals surface area contributed by atoms with Crippen molar-refractivity contribution < 1.29 is 13.0 Å². The zero-order chi connectivity index (χ0) is 12.8. The van der Waals surface area contributed by atoms with Gasteiger partial charge in [0.2, 0.25) is 0 Å². The summed E-state index contributed by atoms with van der Waals surface area (Å²) in [7, 11) is -4.02. The minimum Gasteiger partial charge on any atom is -0.328 e. The highest BCUT2D eigenvalue weighted by molar-refractivity contribution is 7.85. The molecule has 0 heterocycles. The molecule has 4 nitrogen and oxygen atoms in total. The lowest BCUT2D eigenvalue weighted by Crippen LogP contribution is -2.11. The number of benzene rings is 1. The first-order valence-corrected chi connectivity index (χ1v) is 6.51. The molecule has 0 fully saturated rings. The van der Waals surface area contributed by atoms with Gasteiger partial charge in [0, 0.05) is 6.04 Å². The lowest BCUT2D eigenvalue weighted by Gasteiger charge is -1.95. The maximum Gasteiger partial charge on any atom is 0.294 e. The number of rotatable bonds is 2. The van der Waals surface area contributed by atoms with E-state index in [1.54, 1.807) is 12.1 Å². The first kappa shape index (κ1) is 15.1. The van der Waals surface area contributed by atoms with Gasteiger partial charge in [-0.15, -0.1) is 0 Å². The quantitative estimate of drug-likeness (QED) is 0.781. The predicted octanol–water partition coefficient (Wildman–Crippen LogP) is 1.99. The molecule has 0 aromatic heterocycles. The molecular formula is C11H19NO3S. The van der Waals surface area contributed by atoms with Gasteiger partial charge in [-0.25, -0.2) is 0 Å². The van der Waals surface area contributed by atoms with E-state index in [1.165, 1.54) is 12.1 Å². The van der Waals surface area contributed by atoms with Gasteiger partial charge in [-0.1, -0.05) is 24.6 Å². The van der Waals surface area contributed by atoms with Crippen LogP contribution in [0.3, 0.4) is 0 Å². The SMILES string of the molecule is CC[C@H](C)N.Cc1ccc(S(=O)(=O)O)cc1. The zero-order valence-electron chi connectivity index (χ0n) is 9.84. The second-order valence-electron chi connectivity index (χ2n) is 3.67. The minimum absolute atomic E-state index is 0.0666. The number of aryl methyl sites for hydroxylation is 1. The van der Waals surface area contributed by atoms with Crippen LogP contribution in [-0.2, 0) is 10.1 Å². The average Bonchev–Trinajstić information content (AvgIpc) is 2.18. The Hall–Kier alpha value is -0.910. The zero-order valence-corrected chi connectivity index (χ0v) is 10.7. The summed E-state index contributed by atoms with van der Waals surface area (Å²) in [6, 6.07) is 6.37. The summed E-state index contributed by atoms with van der Waals surface area (Å²) >= 11 is 0. The van der Waals surface area contributed by atoms with Gasteiger partial charge < -0.3 is 5.73 Å². The standard InChI is InChI=1S/C7H8O3S.C4H11N/c1-6-2-4-7(5-3-6)11(8,9)10;1-3-4(2)5/h2-5H,1H3,(H,8,9,10);4H,3,5H2,1-2H3/t;4-/m.0/s1. The second kappa shape index (κ2) is 6.62. The van der Waals surface area contributed by atoms with Crippen LogP contribution in [0.25, 0.3) is 0 Å². The fraction of sp³-hybridized carbons (Fsp3) is 0.455. The van der Waals surface area contributed by atoms with Crippen molar-refractivity contribution in [1.29, 1.82) is 0 Å². The van der Waals surface area contributed by atoms with Gasteiger partial charge in [0.1, 0.15) is 0 Å². The fourth-order valence-corrected chi connectivity index (χ4v) is 1.19. The molecule has 1 rings (SSSR count). The Balaban J connectivity index is 0.000000385. The van der Waals surface area contributed by atoms with Crippen molar-refractivity contribution in [2.24, 2.45) is 5.73 Å². The lowest BCUT2D eigenvalue weighted by molar-refractivity contribution is 0.483. The molecule has 0 radical (unpaired) electrons. The van der Waals surface area contributed by atoms with Crippen LogP contribution in [0.15, 0.2) is 29.2 Å². The van der Waals surface area contributed by atoms with Crippen molar-refractivity contribution in [3.63, 3.8) is 0 Å². The molecule has 0 bridgehead atoms. The van der Waals surface area contributed by atoms with Gasteiger partial charge in [-0.3, -0.25) is 4.55 Å². The molecule has 3 N–H and O–H groups in total. The molecule has 0 aliphatic heterocycles. The summed E-state index contributed by atoms with van der Waals surface area (Å²) in [6.45, 7) is 5.92. The lowest BCUT2D eigenvalue weighted by atomic mass is 10.2. The van der Waals surface area contributed by atoms with E-state index >= 15 is 0 Å². The first-order chi connectivity index (χ1) is 7.27. The summed E-state index contributed by atoms with van der Waals surface area (Å²) in [6.07, 6.45) is 1.08. The summed E-state index contributed by atoms with van der Waals surface area (Å²) in [5.41, 5.74) is 6.25. The van der Waals surface area contributed by atoms with E-state index < -0.39 is 10.1 Å². The molecule has 0 aliphatic rings. The Kier molecular flexibility index (Phi) is 6.25. The van der Waals surface area contributed by atoms with E-state index in [0.29, 0.717) is 6.04 Å². The van der Waals surface area contributed by atoms with Crippen LogP contribution in [-0.4, -0.2) is 19.0 Å². The van der Waals surface area contributed by atoms with Crippen molar-refractivity contribution in [3.8, 4) is 0 Å². The Morgan fingerprint density at radius 2 is 1.69 bits per heavy atom. The molecule has 16 heavy (non-hydrogen) atoms. The van der Waals surface area contributed by atoms with Crippen LogP contribution < -0.4 is 5.73 Å². The van der Waals surface area contributed by atoms with Crippen molar-refractivity contribution in [2.75, 3.05) is 0 Å². The summed E-state index contributed by atoms with van der Waals surface area (Å²) in [4.78, 5) is -0.0666. The van der Waals surface area contributed by atoms with E-state index in [-0.39, 0.29) is 4.90 Å². The van der Waals surface area contributed by atoms with Crippen LogP contribution in [0.1, 0.15) is 25.8 Å². The molecule has 0 aliphatic carbocycles. The molecule has 0 saturated carbocycles. The maximum absolute atomic E-state index is 10.5. The van der Waals surface area contributed by atoms with Crippen molar-refractivity contribution in [3.05, 3.63) is 29.8 Å². The molecule has 92 valence electrons. The molecule has 0 unspecified atom stereocenters. The van der Waals surface area contributed by atoms with Crippen LogP contribution in [0.2, 0.25) is 0 Å². The van der Waals surface area contributed by atoms with Crippen LogP contribution >= 0.6 is 0 Å². The highest BCUT2D eigenvalue weighted by atomic mass is 32.2. The predicted molar refractivity (Wildman–Crippen MR) is 64.9 cm³/mol. The van der Waals surface area contributed by atoms with Crippen LogP contribution in [0, 0.1) is 6.92 Å². The third kappa shape index (κ3) is 6.55. The van der Waals surface area contributed by atoms with Crippen molar-refractivity contribution in [1.82, 2.24) is 0 Å². The van der Waals surface area contributed by atoms with Gasteiger partial charge in [0.05, 0.1) is 4.90 Å². The summed E-state index contributed by atoms with van der Waals surface area (Å²) in [5.74, 6) is 0. The normalized spacial score (nSPS) is 12.6. The topological polar surface area (TPSA) is 80.4 Å². The number of nitrogens with two attached hydrogens (primary N) is 1. The monoisotopic (exact) mass is 245 g/mol. The van der Waals surface area contributed by atoms with Gasteiger partial charge in [0.15, 0.2) is 0 Å². The van der Waals surface area contributed by atoms with E-state index in [0.717, 1.165) is 12.0 Å². The van der Waals surface area contributed by atoms with Gasteiger partial charge >= 0.3 is 0 Å². The van der Waals surface area contributed by atoms with Crippen molar-refractivity contribution in [2.45, 2.75) is 38.1 Å². The molecule has 0 saturated heterocycles. The van der Waals surface area contributed by atoms with E-state index in [4.69, 9.17) is 10.3 Å². The molecular weight excluding hydrogens is 226 g/mol. The molecule has 1 aromatic carbocycles. The Morgan fingerprint density at radius 3 is 1.94 bits per heavy atom. The maximum atomic E-state index is 10.5. The Labute approximate surface area is 97.2 Å². The Morgan fingerprint density at radius 1 is 1.31 bits per heavy atom. The molecule has 1 aromatic rings. The third-order valence-corrected chi connectivity index (χ3v) is 2.83. The fourth-order valence-electron chi connectivity index (χ4n) is 0.710. The van der Waals surface area contributed by atoms with Gasteiger partial charge in [0.25, 0.3) is 10.1 Å². The third-order valence-electron chi connectivity index (χ3n) is 1.96. The van der Waals surface area contributed by atoms with E-state index in [2.05, 4.69) is 6.92 Å². The summed E-state index contributed by atoms with van der Waals surface area (Å²) < 4.78 is 29.6. The molecule has 1 atom stereocenters. The molecule has 0 amide bonds. The van der Waals surface area contributed by atoms with Crippen molar-refractivity contribution >= 4 is 10.1 Å². The van der Waals surface area contributed by atoms with Gasteiger partial charge in [-0.2, -0.15) is 8.42 Å². The minimum atomic E-state index is -4.02. The highest BCUT2D eigenvalue weighted by Gasteiger charge is 2.06. The average molecular weight is 245 g/mol. The molecule has 0 spiro atoms. The highest BCUT2D eigenvalue weighted by Crippen LogP contribution is 2.08.